The second kappa shape index (κ2) is 4.78. The molecule has 5 heteroatoms. The van der Waals surface area contributed by atoms with Gasteiger partial charge in [-0.2, -0.15) is 0 Å². The van der Waals surface area contributed by atoms with Gasteiger partial charge in [0.15, 0.2) is 0 Å². The van der Waals surface area contributed by atoms with Crippen LogP contribution in [0.25, 0.3) is 0 Å². The number of carboxylic acids is 1. The van der Waals surface area contributed by atoms with Crippen molar-refractivity contribution in [3.8, 4) is 0 Å². The zero-order valence-corrected chi connectivity index (χ0v) is 11.8. The molecule has 1 N–H and O–H groups in total. The second-order valence-corrected chi connectivity index (χ2v) is 5.76. The molecule has 1 saturated carbocycles. The number of rotatable bonds is 1. The number of carbonyl (C=O) groups excluding carboxylic acids is 1. The highest BCUT2D eigenvalue weighted by Crippen LogP contribution is 2.52. The minimum absolute atomic E-state index is 0.0611. The maximum atomic E-state index is 11.8. The van der Waals surface area contributed by atoms with E-state index in [0.29, 0.717) is 19.4 Å². The van der Waals surface area contributed by atoms with Gasteiger partial charge in [0.05, 0.1) is 5.41 Å². The number of fused-ring (bicyclic) bond motifs is 1. The lowest BCUT2D eigenvalue weighted by Crippen LogP contribution is -2.41. The van der Waals surface area contributed by atoms with Crippen LogP contribution in [0.5, 0.6) is 0 Å². The molecule has 0 aromatic rings. The van der Waals surface area contributed by atoms with E-state index in [9.17, 15) is 9.59 Å². The smallest absolute Gasteiger partial charge is 0.410 e. The van der Waals surface area contributed by atoms with E-state index in [1.54, 1.807) is 25.7 Å². The average molecular weight is 257 g/mol. The van der Waals surface area contributed by atoms with E-state index < -0.39 is 23.1 Å². The summed E-state index contributed by atoms with van der Waals surface area (Å²) in [6.07, 6.45) is 0.751. The maximum Gasteiger partial charge on any atom is 0.410 e. The Kier molecular flexibility index (Phi) is 3.93. The van der Waals surface area contributed by atoms with Gasteiger partial charge < -0.3 is 14.7 Å². The Labute approximate surface area is 108 Å². The van der Waals surface area contributed by atoms with Gasteiger partial charge in [-0.15, -0.1) is 0 Å². The van der Waals surface area contributed by atoms with E-state index in [1.807, 2.05) is 13.8 Å². The maximum absolute atomic E-state index is 11.8. The number of amides is 1. The Bertz CT molecular complexity index is 339. The molecule has 0 spiro atoms. The van der Waals surface area contributed by atoms with Gasteiger partial charge in [-0.05, 0) is 33.6 Å². The van der Waals surface area contributed by atoms with Crippen molar-refractivity contribution in [3.63, 3.8) is 0 Å². The van der Waals surface area contributed by atoms with Crippen molar-refractivity contribution in [2.75, 3.05) is 6.54 Å². The Balaban J connectivity index is 0.000000771. The SMILES string of the molecule is CC.CC(C)(C)OC(=O)N1CC2(C(=O)O)CC1C2. The van der Waals surface area contributed by atoms with Crippen LogP contribution in [0.15, 0.2) is 0 Å². The predicted octanol–water partition coefficient (Wildman–Crippen LogP) is 2.50. The highest BCUT2D eigenvalue weighted by Gasteiger charge is 2.61. The van der Waals surface area contributed by atoms with Gasteiger partial charge in [0, 0.05) is 12.6 Å². The van der Waals surface area contributed by atoms with Gasteiger partial charge >= 0.3 is 12.1 Å². The molecule has 2 aliphatic heterocycles. The van der Waals surface area contributed by atoms with E-state index in [-0.39, 0.29) is 6.04 Å². The van der Waals surface area contributed by atoms with E-state index in [2.05, 4.69) is 0 Å². The third kappa shape index (κ3) is 2.60. The summed E-state index contributed by atoms with van der Waals surface area (Å²) in [5.41, 5.74) is -1.22. The molecule has 18 heavy (non-hydrogen) atoms. The number of aliphatic carboxylic acids is 1. The van der Waals surface area contributed by atoms with E-state index >= 15 is 0 Å². The molecule has 3 rings (SSSR count). The number of carboxylic acid groups (broad SMARTS) is 1. The quantitative estimate of drug-likeness (QED) is 0.783. The van der Waals surface area contributed by atoms with Crippen LogP contribution in [0.1, 0.15) is 47.5 Å². The molecule has 2 heterocycles. The molecule has 5 nitrogen and oxygen atoms in total. The van der Waals surface area contributed by atoms with Crippen molar-refractivity contribution in [3.05, 3.63) is 0 Å². The molecule has 3 fully saturated rings. The van der Waals surface area contributed by atoms with Crippen LogP contribution in [-0.2, 0) is 9.53 Å². The van der Waals surface area contributed by atoms with Crippen molar-refractivity contribution >= 4 is 12.1 Å². The first kappa shape index (κ1) is 14.8. The van der Waals surface area contributed by atoms with Gasteiger partial charge in [-0.3, -0.25) is 4.79 Å². The van der Waals surface area contributed by atoms with Gasteiger partial charge in [0.1, 0.15) is 5.60 Å². The molecular weight excluding hydrogens is 234 g/mol. The molecule has 104 valence electrons. The summed E-state index contributed by atoms with van der Waals surface area (Å²) in [6, 6.07) is 0.0611. The molecule has 3 aliphatic rings. The third-order valence-electron chi connectivity index (χ3n) is 3.25. The summed E-state index contributed by atoms with van der Waals surface area (Å²) < 4.78 is 5.24. The lowest BCUT2D eigenvalue weighted by Gasteiger charge is -2.33. The molecule has 0 aromatic heterocycles. The van der Waals surface area contributed by atoms with Crippen LogP contribution in [0.3, 0.4) is 0 Å². The van der Waals surface area contributed by atoms with Crippen LogP contribution in [0.4, 0.5) is 4.79 Å². The summed E-state index contributed by atoms with van der Waals surface area (Å²) in [4.78, 5) is 24.4. The number of hydrogen-bond acceptors (Lipinski definition) is 3. The standard InChI is InChI=1S/C11H17NO4.C2H6/c1-10(2,3)16-9(15)12-6-11(8(13)14)4-7(12)5-11;1-2/h7H,4-6H2,1-3H3,(H,13,14);1-2H3. The van der Waals surface area contributed by atoms with Crippen molar-refractivity contribution in [1.82, 2.24) is 4.90 Å². The van der Waals surface area contributed by atoms with E-state index in [0.717, 1.165) is 0 Å². The minimum atomic E-state index is -0.796. The highest BCUT2D eigenvalue weighted by atomic mass is 16.6. The van der Waals surface area contributed by atoms with Crippen LogP contribution in [0, 0.1) is 5.41 Å². The number of nitrogens with zero attached hydrogens (tertiary/aromatic N) is 1. The first-order chi connectivity index (χ1) is 8.23. The van der Waals surface area contributed by atoms with Crippen molar-refractivity contribution < 1.29 is 19.4 Å². The molecule has 2 bridgehead atoms. The minimum Gasteiger partial charge on any atom is -0.481 e. The Morgan fingerprint density at radius 3 is 2.11 bits per heavy atom. The lowest BCUT2D eigenvalue weighted by molar-refractivity contribution is -0.150. The molecule has 0 unspecified atom stereocenters. The van der Waals surface area contributed by atoms with Crippen molar-refractivity contribution in [2.45, 2.75) is 59.1 Å². The van der Waals surface area contributed by atoms with Crippen molar-refractivity contribution in [1.29, 1.82) is 0 Å². The lowest BCUT2D eigenvalue weighted by atomic mass is 9.70. The zero-order valence-electron chi connectivity index (χ0n) is 11.8. The normalized spacial score (nSPS) is 28.9. The molecule has 1 amide bonds. The summed E-state index contributed by atoms with van der Waals surface area (Å²) in [7, 11) is 0. The fourth-order valence-corrected chi connectivity index (χ4v) is 2.42. The average Bonchev–Trinajstić information content (AvgIpc) is 2.72. The Morgan fingerprint density at radius 2 is 1.78 bits per heavy atom. The second-order valence-electron chi connectivity index (χ2n) is 5.76. The molecular formula is C13H23NO4. The number of hydrogen-bond donors (Lipinski definition) is 1. The van der Waals surface area contributed by atoms with Gasteiger partial charge in [-0.25, -0.2) is 4.79 Å². The molecule has 1 aliphatic carbocycles. The van der Waals surface area contributed by atoms with Crippen molar-refractivity contribution in [2.24, 2.45) is 5.41 Å². The van der Waals surface area contributed by atoms with E-state index in [1.165, 1.54) is 0 Å². The van der Waals surface area contributed by atoms with Gasteiger partial charge in [0.25, 0.3) is 0 Å². The Hall–Kier alpha value is -1.26. The summed E-state index contributed by atoms with van der Waals surface area (Å²) in [5, 5.41) is 9.06. The first-order valence-electron chi connectivity index (χ1n) is 6.47. The van der Waals surface area contributed by atoms with Crippen LogP contribution in [0.2, 0.25) is 0 Å². The molecule has 0 radical (unpaired) electrons. The van der Waals surface area contributed by atoms with Crippen LogP contribution < -0.4 is 0 Å². The highest BCUT2D eigenvalue weighted by molar-refractivity contribution is 5.81. The predicted molar refractivity (Wildman–Crippen MR) is 67.4 cm³/mol. The summed E-state index contributed by atoms with van der Waals surface area (Å²) in [5.74, 6) is -0.796. The largest absolute Gasteiger partial charge is 0.481 e. The monoisotopic (exact) mass is 257 g/mol. The molecule has 0 atom stereocenters. The summed E-state index contributed by atoms with van der Waals surface area (Å²) >= 11 is 0. The van der Waals surface area contributed by atoms with Gasteiger partial charge in [-0.1, -0.05) is 13.8 Å². The van der Waals surface area contributed by atoms with E-state index in [4.69, 9.17) is 9.84 Å². The number of ether oxygens (including phenoxy) is 1. The van der Waals surface area contributed by atoms with Crippen LogP contribution >= 0.6 is 0 Å². The third-order valence-corrected chi connectivity index (χ3v) is 3.25. The van der Waals surface area contributed by atoms with Gasteiger partial charge in [0.2, 0.25) is 0 Å². The first-order valence-corrected chi connectivity index (χ1v) is 6.47. The topological polar surface area (TPSA) is 66.8 Å². The number of carbonyl (C=O) groups is 2. The summed E-state index contributed by atoms with van der Waals surface area (Å²) in [6.45, 7) is 9.71. The fraction of sp³-hybridized carbons (Fsp3) is 0.846. The molecule has 2 saturated heterocycles. The Morgan fingerprint density at radius 1 is 1.28 bits per heavy atom. The fourth-order valence-electron chi connectivity index (χ4n) is 2.42. The molecule has 0 aromatic carbocycles. The zero-order chi connectivity index (χ0) is 14.1. The van der Waals surface area contributed by atoms with Crippen LogP contribution in [-0.4, -0.2) is 40.3 Å².